The van der Waals surface area contributed by atoms with Crippen molar-refractivity contribution in [3.63, 3.8) is 0 Å². The summed E-state index contributed by atoms with van der Waals surface area (Å²) in [6.45, 7) is 7.50. The van der Waals surface area contributed by atoms with Gasteiger partial charge in [0.1, 0.15) is 0 Å². The van der Waals surface area contributed by atoms with Crippen LogP contribution in [0.2, 0.25) is 0 Å². The highest BCUT2D eigenvalue weighted by Crippen LogP contribution is 2.14. The number of ketones is 2. The van der Waals surface area contributed by atoms with E-state index in [1.54, 1.807) is 19.1 Å². The standard InChI is InChI=1S/C25H32N2O2/c1-8-22(26(4)5)14-9-19(2)10-17-24(28)20(3)25(29)18-13-21-11-15-23(16-12-21)27(6)7/h8-18,20H,2H2,1,3-7H3/b14-9-,17-10+,18-13+,22-8?. The Balaban J connectivity index is 2.67. The molecule has 0 aliphatic rings. The van der Waals surface area contributed by atoms with Gasteiger partial charge in [0.15, 0.2) is 11.6 Å². The first-order chi connectivity index (χ1) is 13.6. The fraction of sp³-hybridized carbons (Fsp3) is 0.280. The van der Waals surface area contributed by atoms with Crippen molar-refractivity contribution in [3.8, 4) is 0 Å². The molecule has 29 heavy (non-hydrogen) atoms. The molecule has 0 N–H and O–H groups in total. The monoisotopic (exact) mass is 392 g/mol. The number of hydrogen-bond donors (Lipinski definition) is 0. The van der Waals surface area contributed by atoms with Crippen LogP contribution in [0.1, 0.15) is 19.4 Å². The van der Waals surface area contributed by atoms with Gasteiger partial charge in [-0.2, -0.15) is 0 Å². The van der Waals surface area contributed by atoms with Crippen molar-refractivity contribution in [2.24, 2.45) is 5.92 Å². The van der Waals surface area contributed by atoms with E-state index in [9.17, 15) is 9.59 Å². The Labute approximate surface area is 175 Å². The number of rotatable bonds is 10. The summed E-state index contributed by atoms with van der Waals surface area (Å²) >= 11 is 0. The molecule has 4 heteroatoms. The van der Waals surface area contributed by atoms with E-state index in [1.165, 1.54) is 12.2 Å². The Hall–Kier alpha value is -3.14. The summed E-state index contributed by atoms with van der Waals surface area (Å²) in [6, 6.07) is 7.84. The highest BCUT2D eigenvalue weighted by atomic mass is 16.1. The highest BCUT2D eigenvalue weighted by Gasteiger charge is 2.16. The van der Waals surface area contributed by atoms with Crippen LogP contribution < -0.4 is 4.90 Å². The van der Waals surface area contributed by atoms with Gasteiger partial charge in [-0.1, -0.05) is 43.0 Å². The molecular formula is C25H32N2O2. The van der Waals surface area contributed by atoms with E-state index in [0.29, 0.717) is 5.57 Å². The lowest BCUT2D eigenvalue weighted by molar-refractivity contribution is -0.126. The molecule has 1 aromatic rings. The summed E-state index contributed by atoms with van der Waals surface area (Å²) in [6.07, 6.45) is 12.0. The fourth-order valence-corrected chi connectivity index (χ4v) is 2.43. The highest BCUT2D eigenvalue weighted by molar-refractivity contribution is 6.12. The maximum Gasteiger partial charge on any atom is 0.166 e. The van der Waals surface area contributed by atoms with Gasteiger partial charge in [0.25, 0.3) is 0 Å². The number of likely N-dealkylation sites (N-methyl/N-ethyl adjacent to an activating group) is 1. The average molecular weight is 393 g/mol. The third-order valence-corrected chi connectivity index (χ3v) is 4.45. The molecule has 0 spiro atoms. The number of hydrogen-bond acceptors (Lipinski definition) is 4. The Morgan fingerprint density at radius 3 is 1.97 bits per heavy atom. The minimum Gasteiger partial charge on any atom is -0.378 e. The Morgan fingerprint density at radius 1 is 0.897 bits per heavy atom. The lowest BCUT2D eigenvalue weighted by atomic mass is 9.99. The van der Waals surface area contributed by atoms with Gasteiger partial charge in [0.2, 0.25) is 0 Å². The predicted octanol–water partition coefficient (Wildman–Crippen LogP) is 4.67. The maximum atomic E-state index is 12.3. The smallest absolute Gasteiger partial charge is 0.166 e. The third kappa shape index (κ3) is 8.18. The van der Waals surface area contributed by atoms with Crippen LogP contribution in [0.3, 0.4) is 0 Å². The molecule has 4 nitrogen and oxygen atoms in total. The van der Waals surface area contributed by atoms with Crippen LogP contribution >= 0.6 is 0 Å². The topological polar surface area (TPSA) is 40.6 Å². The molecule has 0 aromatic heterocycles. The Kier molecular flexibility index (Phi) is 9.60. The van der Waals surface area contributed by atoms with E-state index in [4.69, 9.17) is 0 Å². The van der Waals surface area contributed by atoms with Crippen LogP contribution in [-0.4, -0.2) is 44.7 Å². The molecule has 0 radical (unpaired) electrons. The number of carbonyl (C=O) groups is 2. The van der Waals surface area contributed by atoms with Crippen molar-refractivity contribution in [2.45, 2.75) is 13.8 Å². The zero-order chi connectivity index (χ0) is 22.0. The average Bonchev–Trinajstić information content (AvgIpc) is 2.70. The summed E-state index contributed by atoms with van der Waals surface area (Å²) in [5.74, 6) is -1.19. The van der Waals surface area contributed by atoms with Crippen LogP contribution in [0.15, 0.2) is 78.6 Å². The normalized spacial score (nSPS) is 13.2. The van der Waals surface area contributed by atoms with Crippen LogP contribution in [0, 0.1) is 5.92 Å². The summed E-state index contributed by atoms with van der Waals surface area (Å²) in [5, 5.41) is 0. The van der Waals surface area contributed by atoms with Crippen molar-refractivity contribution in [3.05, 3.63) is 84.1 Å². The largest absolute Gasteiger partial charge is 0.378 e. The van der Waals surface area contributed by atoms with E-state index in [2.05, 4.69) is 6.58 Å². The van der Waals surface area contributed by atoms with Gasteiger partial charge in [0.05, 0.1) is 5.92 Å². The van der Waals surface area contributed by atoms with Gasteiger partial charge in [-0.3, -0.25) is 9.59 Å². The van der Waals surface area contributed by atoms with Crippen molar-refractivity contribution < 1.29 is 9.59 Å². The first kappa shape index (κ1) is 23.9. The predicted molar refractivity (Wildman–Crippen MR) is 124 cm³/mol. The molecule has 1 unspecified atom stereocenters. The summed E-state index contributed by atoms with van der Waals surface area (Å²) < 4.78 is 0. The van der Waals surface area contributed by atoms with Crippen molar-refractivity contribution >= 4 is 23.3 Å². The van der Waals surface area contributed by atoms with Crippen molar-refractivity contribution in [2.75, 3.05) is 33.1 Å². The van der Waals surface area contributed by atoms with Crippen LogP contribution in [0.25, 0.3) is 6.08 Å². The molecule has 0 bridgehead atoms. The lowest BCUT2D eigenvalue weighted by Gasteiger charge is -2.12. The third-order valence-electron chi connectivity index (χ3n) is 4.45. The minimum absolute atomic E-state index is 0.221. The second-order valence-corrected chi connectivity index (χ2v) is 7.20. The number of carbonyl (C=O) groups excluding carboxylic acids is 2. The number of nitrogens with zero attached hydrogens (tertiary/aromatic N) is 2. The molecule has 1 aromatic carbocycles. The van der Waals surface area contributed by atoms with E-state index in [1.807, 2.05) is 87.4 Å². The Bertz CT molecular complexity index is 838. The molecule has 0 saturated heterocycles. The molecule has 1 rings (SSSR count). The molecule has 1 atom stereocenters. The second-order valence-electron chi connectivity index (χ2n) is 7.20. The first-order valence-electron chi connectivity index (χ1n) is 9.57. The van der Waals surface area contributed by atoms with Crippen LogP contribution in [0.5, 0.6) is 0 Å². The van der Waals surface area contributed by atoms with E-state index in [-0.39, 0.29) is 11.6 Å². The van der Waals surface area contributed by atoms with E-state index >= 15 is 0 Å². The molecule has 0 heterocycles. The molecule has 0 saturated carbocycles. The number of benzene rings is 1. The lowest BCUT2D eigenvalue weighted by Crippen LogP contribution is -2.17. The molecule has 0 aliphatic heterocycles. The van der Waals surface area contributed by atoms with Crippen LogP contribution in [-0.2, 0) is 9.59 Å². The van der Waals surface area contributed by atoms with E-state index in [0.717, 1.165) is 16.9 Å². The number of anilines is 1. The van der Waals surface area contributed by atoms with Crippen molar-refractivity contribution in [1.82, 2.24) is 4.90 Å². The molecule has 0 amide bonds. The summed E-state index contributed by atoms with van der Waals surface area (Å²) in [4.78, 5) is 28.6. The quantitative estimate of drug-likeness (QED) is 0.329. The van der Waals surface area contributed by atoms with Gasteiger partial charge >= 0.3 is 0 Å². The maximum absolute atomic E-state index is 12.3. The number of allylic oxidation sites excluding steroid dienone is 7. The molecule has 0 aliphatic carbocycles. The Morgan fingerprint density at radius 2 is 1.45 bits per heavy atom. The van der Waals surface area contributed by atoms with Gasteiger partial charge in [0, 0.05) is 39.6 Å². The fourth-order valence-electron chi connectivity index (χ4n) is 2.43. The van der Waals surface area contributed by atoms with Gasteiger partial charge in [-0.05, 0) is 55.3 Å². The second kappa shape index (κ2) is 11.6. The van der Waals surface area contributed by atoms with E-state index < -0.39 is 5.92 Å². The summed E-state index contributed by atoms with van der Waals surface area (Å²) in [5.41, 5.74) is 3.73. The SMILES string of the molecule is C=C(/C=C\C(=CC)N(C)C)/C=C/C(=O)C(C)C(=O)/C=C/c1ccc(N(C)C)cc1. The molecule has 0 fully saturated rings. The molecule has 154 valence electrons. The van der Waals surface area contributed by atoms with Crippen LogP contribution in [0.4, 0.5) is 5.69 Å². The zero-order valence-electron chi connectivity index (χ0n) is 18.3. The van der Waals surface area contributed by atoms with Crippen molar-refractivity contribution in [1.29, 1.82) is 0 Å². The summed E-state index contributed by atoms with van der Waals surface area (Å²) in [7, 11) is 7.86. The van der Waals surface area contributed by atoms with Gasteiger partial charge in [-0.15, -0.1) is 0 Å². The molecular weight excluding hydrogens is 360 g/mol. The minimum atomic E-state index is -0.729. The van der Waals surface area contributed by atoms with Gasteiger partial charge < -0.3 is 9.80 Å². The zero-order valence-corrected chi connectivity index (χ0v) is 18.3. The van der Waals surface area contributed by atoms with Gasteiger partial charge in [-0.25, -0.2) is 0 Å². The first-order valence-corrected chi connectivity index (χ1v) is 9.57.